The summed E-state index contributed by atoms with van der Waals surface area (Å²) in [4.78, 5) is 27.7. The van der Waals surface area contributed by atoms with Crippen molar-refractivity contribution in [1.29, 1.82) is 0 Å². The number of rotatable bonds is 6. The number of nitrogens with one attached hydrogen (secondary N) is 1. The number of benzene rings is 1. The number of hydrogen-bond acceptors (Lipinski definition) is 9. The first-order chi connectivity index (χ1) is 17.0. The van der Waals surface area contributed by atoms with Crippen LogP contribution in [0, 0.1) is 5.92 Å². The number of aryl methyl sites for hydroxylation is 1. The molecule has 2 saturated heterocycles. The van der Waals surface area contributed by atoms with Gasteiger partial charge in [0.1, 0.15) is 23.6 Å². The summed E-state index contributed by atoms with van der Waals surface area (Å²) in [6, 6.07) is 6.38. The Balaban J connectivity index is 1.35. The van der Waals surface area contributed by atoms with Gasteiger partial charge in [-0.15, -0.1) is 0 Å². The Kier molecular flexibility index (Phi) is 5.92. The van der Waals surface area contributed by atoms with E-state index in [0.29, 0.717) is 22.6 Å². The minimum atomic E-state index is 0.139. The first-order valence-electron chi connectivity index (χ1n) is 12.0. The molecule has 0 bridgehead atoms. The van der Waals surface area contributed by atoms with E-state index < -0.39 is 0 Å². The molecule has 0 aliphatic carbocycles. The Morgan fingerprint density at radius 3 is 2.74 bits per heavy atom. The van der Waals surface area contributed by atoms with Crippen molar-refractivity contribution in [3.05, 3.63) is 35.2 Å². The standard InChI is InChI=1S/C24H28ClN9S/c1-2-17-20(25)19-21(30-17)31-24(32-23(19)33-6-5-14(27)11-33)35-15-3-4-16-18(7-15)28-12-29-22(16)34-9-13(8-26)10-34/h3-4,7,12-14H,2,5-6,8-11,26-27H2,1H3,(H,30,31,32)/t14-/m1/s1. The molecule has 11 heteroatoms. The maximum absolute atomic E-state index is 6.73. The van der Waals surface area contributed by atoms with E-state index in [0.717, 1.165) is 83.2 Å². The Morgan fingerprint density at radius 2 is 2.00 bits per heavy atom. The molecule has 3 aromatic heterocycles. The zero-order chi connectivity index (χ0) is 24.1. The van der Waals surface area contributed by atoms with Crippen LogP contribution < -0.4 is 21.3 Å². The third kappa shape index (κ3) is 4.08. The van der Waals surface area contributed by atoms with Crippen molar-refractivity contribution in [3.63, 3.8) is 0 Å². The fraction of sp³-hybridized carbons (Fsp3) is 0.417. The fourth-order valence-electron chi connectivity index (χ4n) is 4.90. The molecule has 2 aliphatic rings. The SMILES string of the molecule is CCc1[nH]c2nc(Sc3ccc4c(N5CC(CN)C5)ncnc4c3)nc(N3CC[C@@H](N)C3)c2c1Cl. The van der Waals surface area contributed by atoms with Crippen LogP contribution in [0.5, 0.6) is 0 Å². The van der Waals surface area contributed by atoms with Crippen LogP contribution in [0.3, 0.4) is 0 Å². The van der Waals surface area contributed by atoms with Gasteiger partial charge in [-0.2, -0.15) is 0 Å². The van der Waals surface area contributed by atoms with E-state index >= 15 is 0 Å². The van der Waals surface area contributed by atoms with Gasteiger partial charge in [-0.1, -0.05) is 18.5 Å². The Labute approximate surface area is 212 Å². The zero-order valence-corrected chi connectivity index (χ0v) is 21.1. The van der Waals surface area contributed by atoms with Crippen LogP contribution in [0.4, 0.5) is 11.6 Å². The quantitative estimate of drug-likeness (QED) is 0.336. The van der Waals surface area contributed by atoms with Crippen molar-refractivity contribution >= 4 is 56.9 Å². The Bertz CT molecular complexity index is 1400. The van der Waals surface area contributed by atoms with Crippen molar-refractivity contribution in [2.24, 2.45) is 17.4 Å². The molecular weight excluding hydrogens is 482 g/mol. The van der Waals surface area contributed by atoms with Gasteiger partial charge in [-0.3, -0.25) is 0 Å². The van der Waals surface area contributed by atoms with Crippen LogP contribution in [-0.4, -0.2) is 63.7 Å². The number of fused-ring (bicyclic) bond motifs is 2. The van der Waals surface area contributed by atoms with Gasteiger partial charge in [0.15, 0.2) is 5.16 Å². The van der Waals surface area contributed by atoms with E-state index in [2.05, 4.69) is 49.9 Å². The maximum atomic E-state index is 6.73. The zero-order valence-electron chi connectivity index (χ0n) is 19.5. The molecule has 0 unspecified atom stereocenters. The number of nitrogens with zero attached hydrogens (tertiary/aromatic N) is 6. The number of aromatic nitrogens is 5. The number of nitrogens with two attached hydrogens (primary N) is 2. The third-order valence-electron chi connectivity index (χ3n) is 6.89. The van der Waals surface area contributed by atoms with Crippen LogP contribution >= 0.6 is 23.4 Å². The second kappa shape index (κ2) is 9.09. The summed E-state index contributed by atoms with van der Waals surface area (Å²) in [7, 11) is 0. The van der Waals surface area contributed by atoms with E-state index in [-0.39, 0.29) is 6.04 Å². The lowest BCUT2D eigenvalue weighted by molar-refractivity contribution is 0.418. The summed E-state index contributed by atoms with van der Waals surface area (Å²) in [6.07, 6.45) is 3.37. The predicted molar refractivity (Wildman–Crippen MR) is 142 cm³/mol. The molecule has 1 atom stereocenters. The highest BCUT2D eigenvalue weighted by molar-refractivity contribution is 7.99. The highest BCUT2D eigenvalue weighted by Gasteiger charge is 2.28. The molecule has 4 aromatic rings. The van der Waals surface area contributed by atoms with Crippen LogP contribution in [0.2, 0.25) is 5.02 Å². The number of anilines is 2. The Hall–Kier alpha value is -2.66. The van der Waals surface area contributed by atoms with E-state index in [1.807, 2.05) is 0 Å². The summed E-state index contributed by atoms with van der Waals surface area (Å²) in [6.45, 7) is 6.28. The number of H-pyrrole nitrogens is 1. The van der Waals surface area contributed by atoms with Gasteiger partial charge in [-0.25, -0.2) is 19.9 Å². The van der Waals surface area contributed by atoms with Gasteiger partial charge < -0.3 is 26.3 Å². The molecule has 0 amide bonds. The lowest BCUT2D eigenvalue weighted by Gasteiger charge is -2.39. The molecule has 0 radical (unpaired) electrons. The van der Waals surface area contributed by atoms with Crippen molar-refractivity contribution in [2.45, 2.75) is 35.9 Å². The first-order valence-corrected chi connectivity index (χ1v) is 13.2. The van der Waals surface area contributed by atoms with Gasteiger partial charge in [-0.05, 0) is 49.3 Å². The lowest BCUT2D eigenvalue weighted by Crippen LogP contribution is -2.50. The molecule has 6 rings (SSSR count). The van der Waals surface area contributed by atoms with Gasteiger partial charge in [0.2, 0.25) is 0 Å². The van der Waals surface area contributed by atoms with E-state index in [1.165, 1.54) is 11.8 Å². The fourth-order valence-corrected chi connectivity index (χ4v) is 6.04. The minimum absolute atomic E-state index is 0.139. The van der Waals surface area contributed by atoms with E-state index in [9.17, 15) is 0 Å². The lowest BCUT2D eigenvalue weighted by atomic mass is 10.00. The van der Waals surface area contributed by atoms with Gasteiger partial charge in [0, 0.05) is 54.1 Å². The van der Waals surface area contributed by atoms with Gasteiger partial charge >= 0.3 is 0 Å². The predicted octanol–water partition coefficient (Wildman–Crippen LogP) is 3.20. The van der Waals surface area contributed by atoms with E-state index in [1.54, 1.807) is 6.33 Å². The molecule has 2 aliphatic heterocycles. The van der Waals surface area contributed by atoms with Gasteiger partial charge in [0.05, 0.1) is 15.9 Å². The topological polar surface area (TPSA) is 126 Å². The summed E-state index contributed by atoms with van der Waals surface area (Å²) in [5.74, 6) is 2.36. The van der Waals surface area contributed by atoms with Gasteiger partial charge in [0.25, 0.3) is 0 Å². The molecule has 9 nitrogen and oxygen atoms in total. The highest BCUT2D eigenvalue weighted by Crippen LogP contribution is 2.38. The number of hydrogen-bond donors (Lipinski definition) is 3. The average Bonchev–Trinajstić information content (AvgIpc) is 3.40. The van der Waals surface area contributed by atoms with Crippen LogP contribution in [0.25, 0.3) is 21.9 Å². The highest BCUT2D eigenvalue weighted by atomic mass is 35.5. The summed E-state index contributed by atoms with van der Waals surface area (Å²) in [5.41, 5.74) is 14.6. The summed E-state index contributed by atoms with van der Waals surface area (Å²) in [5, 5.41) is 3.28. The molecule has 35 heavy (non-hydrogen) atoms. The largest absolute Gasteiger partial charge is 0.355 e. The first kappa shape index (κ1) is 22.8. The molecule has 182 valence electrons. The van der Waals surface area contributed by atoms with Crippen LogP contribution in [0.1, 0.15) is 19.0 Å². The smallest absolute Gasteiger partial charge is 0.196 e. The molecule has 0 saturated carbocycles. The molecule has 5 heterocycles. The summed E-state index contributed by atoms with van der Waals surface area (Å²) >= 11 is 8.25. The molecule has 0 spiro atoms. The molecular formula is C24H28ClN9S. The van der Waals surface area contributed by atoms with Crippen LogP contribution in [-0.2, 0) is 6.42 Å². The molecule has 2 fully saturated rings. The Morgan fingerprint density at radius 1 is 1.14 bits per heavy atom. The monoisotopic (exact) mass is 509 g/mol. The van der Waals surface area contributed by atoms with Crippen molar-refractivity contribution in [2.75, 3.05) is 42.5 Å². The number of halogens is 1. The molecule has 1 aromatic carbocycles. The molecule has 5 N–H and O–H groups in total. The minimum Gasteiger partial charge on any atom is -0.355 e. The second-order valence-corrected chi connectivity index (χ2v) is 10.7. The van der Waals surface area contributed by atoms with E-state index in [4.69, 9.17) is 33.0 Å². The number of aromatic amines is 1. The van der Waals surface area contributed by atoms with Crippen molar-refractivity contribution in [3.8, 4) is 0 Å². The van der Waals surface area contributed by atoms with Crippen molar-refractivity contribution < 1.29 is 0 Å². The average molecular weight is 510 g/mol. The maximum Gasteiger partial charge on any atom is 0.196 e. The normalized spacial score (nSPS) is 18.7. The van der Waals surface area contributed by atoms with Crippen molar-refractivity contribution in [1.82, 2.24) is 24.9 Å². The second-order valence-electron chi connectivity index (χ2n) is 9.30. The third-order valence-corrected chi connectivity index (χ3v) is 8.16. The summed E-state index contributed by atoms with van der Waals surface area (Å²) < 4.78 is 0. The van der Waals surface area contributed by atoms with Crippen LogP contribution in [0.15, 0.2) is 34.6 Å².